The highest BCUT2D eigenvalue weighted by Crippen LogP contribution is 2.36. The van der Waals surface area contributed by atoms with Crippen molar-refractivity contribution in [2.75, 3.05) is 5.32 Å². The molecule has 4 nitrogen and oxygen atoms in total. The van der Waals surface area contributed by atoms with Crippen LogP contribution in [0.3, 0.4) is 0 Å². The Morgan fingerprint density at radius 1 is 0.867 bits per heavy atom. The molecule has 0 saturated carbocycles. The Kier molecular flexibility index (Phi) is 4.32. The van der Waals surface area contributed by atoms with Crippen LogP contribution in [0, 0.1) is 13.8 Å². The molecule has 1 aliphatic heterocycles. The lowest BCUT2D eigenvalue weighted by atomic mass is 10.00. The maximum Gasteiger partial charge on any atom is 0.256 e. The summed E-state index contributed by atoms with van der Waals surface area (Å²) in [5.41, 5.74) is 9.68. The fourth-order valence-electron chi connectivity index (χ4n) is 3.91. The lowest BCUT2D eigenvalue weighted by Gasteiger charge is -2.06. The highest BCUT2D eigenvalue weighted by atomic mass is 16.2. The molecular formula is C26H21N3O. The van der Waals surface area contributed by atoms with Crippen molar-refractivity contribution in [1.82, 2.24) is 9.97 Å². The van der Waals surface area contributed by atoms with Gasteiger partial charge in [0, 0.05) is 40.0 Å². The van der Waals surface area contributed by atoms with E-state index in [1.165, 1.54) is 0 Å². The maximum atomic E-state index is 12.6. The summed E-state index contributed by atoms with van der Waals surface area (Å²) in [6.45, 7) is 4.06. The smallest absolute Gasteiger partial charge is 0.256 e. The molecule has 0 unspecified atom stereocenters. The number of rotatable bonds is 3. The normalized spacial score (nSPS) is 14.1. The Morgan fingerprint density at radius 3 is 2.37 bits per heavy atom. The van der Waals surface area contributed by atoms with Crippen LogP contribution in [0.1, 0.15) is 22.5 Å². The van der Waals surface area contributed by atoms with Crippen molar-refractivity contribution in [3.8, 4) is 22.4 Å². The van der Waals surface area contributed by atoms with Gasteiger partial charge in [-0.3, -0.25) is 9.78 Å². The van der Waals surface area contributed by atoms with Gasteiger partial charge in [0.05, 0.1) is 11.3 Å². The van der Waals surface area contributed by atoms with Crippen molar-refractivity contribution in [2.45, 2.75) is 13.8 Å². The average molecular weight is 391 g/mol. The molecule has 5 rings (SSSR count). The lowest BCUT2D eigenvalue weighted by Crippen LogP contribution is -2.03. The van der Waals surface area contributed by atoms with E-state index < -0.39 is 0 Å². The summed E-state index contributed by atoms with van der Waals surface area (Å²) in [4.78, 5) is 20.5. The molecule has 2 aromatic carbocycles. The van der Waals surface area contributed by atoms with Gasteiger partial charge < -0.3 is 10.3 Å². The number of carbonyl (C=O) groups is 1. The average Bonchev–Trinajstić information content (AvgIpc) is 3.26. The predicted octanol–water partition coefficient (Wildman–Crippen LogP) is 5.85. The molecule has 2 N–H and O–H groups in total. The quantitative estimate of drug-likeness (QED) is 0.430. The SMILES string of the molecule is Cc1cc(C)c(/C=C2\C(=O)Nc3cc(-c4ccc(-c5ccccc5)nc4)ccc32)[nH]1. The molecule has 4 heteroatoms. The lowest BCUT2D eigenvalue weighted by molar-refractivity contribution is -0.110. The topological polar surface area (TPSA) is 57.8 Å². The van der Waals surface area contributed by atoms with Crippen molar-refractivity contribution >= 4 is 23.2 Å². The van der Waals surface area contributed by atoms with Gasteiger partial charge in [-0.15, -0.1) is 0 Å². The van der Waals surface area contributed by atoms with Gasteiger partial charge in [-0.2, -0.15) is 0 Å². The van der Waals surface area contributed by atoms with Crippen molar-refractivity contribution in [3.63, 3.8) is 0 Å². The standard InChI is InChI=1S/C26H21N3O/c1-16-12-17(2)28-24(16)14-22-21-10-8-19(13-25(21)29-26(22)30)20-9-11-23(27-15-20)18-6-4-3-5-7-18/h3-15,28H,1-2H3,(H,29,30)/b22-14-. The number of benzene rings is 2. The predicted molar refractivity (Wildman–Crippen MR) is 122 cm³/mol. The minimum atomic E-state index is -0.0775. The van der Waals surface area contributed by atoms with E-state index in [1.807, 2.05) is 80.7 Å². The van der Waals surface area contributed by atoms with Crippen LogP contribution in [0.4, 0.5) is 5.69 Å². The minimum Gasteiger partial charge on any atom is -0.359 e. The first-order valence-corrected chi connectivity index (χ1v) is 9.94. The summed E-state index contributed by atoms with van der Waals surface area (Å²) in [6, 6.07) is 22.3. The monoisotopic (exact) mass is 391 g/mol. The molecule has 0 radical (unpaired) electrons. The van der Waals surface area contributed by atoms with Crippen LogP contribution in [-0.2, 0) is 4.79 Å². The Hall–Kier alpha value is -3.92. The van der Waals surface area contributed by atoms with E-state index in [0.717, 1.165) is 50.6 Å². The molecule has 146 valence electrons. The number of amides is 1. The molecule has 0 atom stereocenters. The summed E-state index contributed by atoms with van der Waals surface area (Å²) in [5.74, 6) is -0.0775. The number of anilines is 1. The molecule has 4 aromatic rings. The highest BCUT2D eigenvalue weighted by molar-refractivity contribution is 6.35. The highest BCUT2D eigenvalue weighted by Gasteiger charge is 2.25. The summed E-state index contributed by atoms with van der Waals surface area (Å²) in [7, 11) is 0. The molecule has 0 aliphatic carbocycles. The number of H-pyrrole nitrogens is 1. The summed E-state index contributed by atoms with van der Waals surface area (Å²) < 4.78 is 0. The minimum absolute atomic E-state index is 0.0775. The van der Waals surface area contributed by atoms with Crippen LogP contribution in [0.2, 0.25) is 0 Å². The third-order valence-corrected chi connectivity index (χ3v) is 5.45. The number of fused-ring (bicyclic) bond motifs is 1. The fourth-order valence-corrected chi connectivity index (χ4v) is 3.91. The summed E-state index contributed by atoms with van der Waals surface area (Å²) in [6.07, 6.45) is 3.81. The second-order valence-corrected chi connectivity index (χ2v) is 7.62. The van der Waals surface area contributed by atoms with Crippen molar-refractivity contribution in [2.24, 2.45) is 0 Å². The molecule has 0 spiro atoms. The zero-order valence-electron chi connectivity index (χ0n) is 16.9. The van der Waals surface area contributed by atoms with E-state index in [2.05, 4.69) is 27.4 Å². The zero-order valence-corrected chi connectivity index (χ0v) is 16.9. The van der Waals surface area contributed by atoms with E-state index in [4.69, 9.17) is 0 Å². The van der Waals surface area contributed by atoms with E-state index in [1.54, 1.807) is 0 Å². The van der Waals surface area contributed by atoms with Gasteiger partial charge in [0.2, 0.25) is 0 Å². The van der Waals surface area contributed by atoms with Gasteiger partial charge in [-0.25, -0.2) is 0 Å². The van der Waals surface area contributed by atoms with E-state index in [9.17, 15) is 4.79 Å². The first-order chi connectivity index (χ1) is 14.6. The van der Waals surface area contributed by atoms with Gasteiger partial charge in [0.1, 0.15) is 0 Å². The number of carbonyl (C=O) groups excluding carboxylic acids is 1. The van der Waals surface area contributed by atoms with Crippen molar-refractivity contribution in [1.29, 1.82) is 0 Å². The van der Waals surface area contributed by atoms with Gasteiger partial charge in [-0.1, -0.05) is 48.5 Å². The molecule has 0 bridgehead atoms. The van der Waals surface area contributed by atoms with Crippen LogP contribution in [-0.4, -0.2) is 15.9 Å². The number of hydrogen-bond donors (Lipinski definition) is 2. The maximum absolute atomic E-state index is 12.6. The molecule has 2 aromatic heterocycles. The summed E-state index contributed by atoms with van der Waals surface area (Å²) >= 11 is 0. The van der Waals surface area contributed by atoms with Crippen LogP contribution in [0.25, 0.3) is 34.0 Å². The van der Waals surface area contributed by atoms with Gasteiger partial charge in [0.15, 0.2) is 0 Å². The second-order valence-electron chi connectivity index (χ2n) is 7.62. The molecule has 0 saturated heterocycles. The fraction of sp³-hybridized carbons (Fsp3) is 0.0769. The van der Waals surface area contributed by atoms with Crippen molar-refractivity contribution in [3.05, 3.63) is 95.4 Å². The molecular weight excluding hydrogens is 370 g/mol. The van der Waals surface area contributed by atoms with Gasteiger partial charge in [-0.05, 0) is 49.2 Å². The third-order valence-electron chi connectivity index (χ3n) is 5.45. The Balaban J connectivity index is 1.47. The van der Waals surface area contributed by atoms with Crippen LogP contribution in [0.5, 0.6) is 0 Å². The third kappa shape index (κ3) is 3.22. The zero-order chi connectivity index (χ0) is 20.7. The number of hydrogen-bond acceptors (Lipinski definition) is 2. The van der Waals surface area contributed by atoms with Gasteiger partial charge >= 0.3 is 0 Å². The Bertz CT molecular complexity index is 1280. The Morgan fingerprint density at radius 2 is 1.67 bits per heavy atom. The largest absolute Gasteiger partial charge is 0.359 e. The first-order valence-electron chi connectivity index (χ1n) is 9.94. The van der Waals surface area contributed by atoms with Gasteiger partial charge in [0.25, 0.3) is 5.91 Å². The molecule has 3 heterocycles. The first kappa shape index (κ1) is 18.1. The molecule has 1 aliphatic rings. The molecule has 0 fully saturated rings. The number of aromatic amines is 1. The van der Waals surface area contributed by atoms with E-state index in [-0.39, 0.29) is 5.91 Å². The number of aryl methyl sites for hydroxylation is 2. The number of nitrogens with one attached hydrogen (secondary N) is 2. The van der Waals surface area contributed by atoms with Crippen LogP contribution >= 0.6 is 0 Å². The van der Waals surface area contributed by atoms with Crippen molar-refractivity contribution < 1.29 is 4.79 Å². The summed E-state index contributed by atoms with van der Waals surface area (Å²) in [5, 5.41) is 3.00. The van der Waals surface area contributed by atoms with Crippen LogP contribution in [0.15, 0.2) is 72.9 Å². The second kappa shape index (κ2) is 7.16. The van der Waals surface area contributed by atoms with E-state index >= 15 is 0 Å². The molecule has 1 amide bonds. The Labute approximate surface area is 175 Å². The number of nitrogens with zero attached hydrogens (tertiary/aromatic N) is 1. The van der Waals surface area contributed by atoms with E-state index in [0.29, 0.717) is 5.57 Å². The number of pyridine rings is 1. The molecule has 30 heavy (non-hydrogen) atoms. The van der Waals surface area contributed by atoms with Crippen LogP contribution < -0.4 is 5.32 Å². The number of aromatic nitrogens is 2.